The number of nitrogens with zero attached hydrogens (tertiary/aromatic N) is 1. The molecule has 1 aliphatic rings. The van der Waals surface area contributed by atoms with E-state index >= 15 is 0 Å². The van der Waals surface area contributed by atoms with Crippen molar-refractivity contribution >= 4 is 15.9 Å². The summed E-state index contributed by atoms with van der Waals surface area (Å²) in [5.74, 6) is 2.01. The molecule has 0 amide bonds. The third-order valence-corrected chi connectivity index (χ3v) is 3.86. The lowest BCUT2D eigenvalue weighted by molar-refractivity contribution is 0.191. The van der Waals surface area contributed by atoms with Gasteiger partial charge in [0.1, 0.15) is 0 Å². The van der Waals surface area contributed by atoms with Gasteiger partial charge in [0.25, 0.3) is 0 Å². The largest absolute Gasteiger partial charge is 0.477 e. The van der Waals surface area contributed by atoms with Crippen molar-refractivity contribution in [2.24, 2.45) is 11.8 Å². The van der Waals surface area contributed by atoms with Crippen LogP contribution in [0.3, 0.4) is 0 Å². The van der Waals surface area contributed by atoms with Gasteiger partial charge in [0.15, 0.2) is 0 Å². The van der Waals surface area contributed by atoms with E-state index in [4.69, 9.17) is 4.74 Å². The van der Waals surface area contributed by atoms with Gasteiger partial charge in [0.2, 0.25) is 5.88 Å². The van der Waals surface area contributed by atoms with Crippen LogP contribution in [0.2, 0.25) is 0 Å². The number of aromatic nitrogens is 1. The van der Waals surface area contributed by atoms with E-state index in [9.17, 15) is 0 Å². The number of ether oxygens (including phenoxy) is 1. The number of allylic oxidation sites excluding steroid dienone is 2. The Morgan fingerprint density at radius 2 is 2.18 bits per heavy atom. The molecule has 0 radical (unpaired) electrons. The SMILES string of the molecule is Cc1cnc(OCC2CC=CCC2C)c(Br)c1. The van der Waals surface area contributed by atoms with Gasteiger partial charge >= 0.3 is 0 Å². The number of halogens is 1. The molecule has 0 saturated carbocycles. The van der Waals surface area contributed by atoms with Crippen molar-refractivity contribution < 1.29 is 4.74 Å². The van der Waals surface area contributed by atoms with Crippen LogP contribution >= 0.6 is 15.9 Å². The van der Waals surface area contributed by atoms with Gasteiger partial charge in [-0.05, 0) is 59.2 Å². The van der Waals surface area contributed by atoms with Crippen LogP contribution in [0.1, 0.15) is 25.3 Å². The van der Waals surface area contributed by atoms with Crippen LogP contribution in [0.5, 0.6) is 5.88 Å². The van der Waals surface area contributed by atoms with Gasteiger partial charge in [0, 0.05) is 6.20 Å². The maximum Gasteiger partial charge on any atom is 0.227 e. The van der Waals surface area contributed by atoms with Gasteiger partial charge < -0.3 is 4.74 Å². The molecule has 0 aliphatic heterocycles. The summed E-state index contributed by atoms with van der Waals surface area (Å²) in [6.45, 7) is 5.06. The first-order valence-electron chi connectivity index (χ1n) is 6.06. The van der Waals surface area contributed by atoms with E-state index in [0.29, 0.717) is 17.7 Å². The van der Waals surface area contributed by atoms with Gasteiger partial charge in [0.05, 0.1) is 11.1 Å². The maximum absolute atomic E-state index is 5.81. The van der Waals surface area contributed by atoms with Gasteiger partial charge in [-0.2, -0.15) is 0 Å². The molecule has 0 fully saturated rings. The zero-order chi connectivity index (χ0) is 12.3. The van der Waals surface area contributed by atoms with Gasteiger partial charge in [-0.1, -0.05) is 19.1 Å². The number of aryl methyl sites for hydroxylation is 1. The van der Waals surface area contributed by atoms with Crippen molar-refractivity contribution in [3.05, 3.63) is 34.5 Å². The Balaban J connectivity index is 1.95. The van der Waals surface area contributed by atoms with Crippen LogP contribution in [0.25, 0.3) is 0 Å². The van der Waals surface area contributed by atoms with Gasteiger partial charge in [-0.25, -0.2) is 4.98 Å². The highest BCUT2D eigenvalue weighted by Gasteiger charge is 2.19. The Morgan fingerprint density at radius 1 is 1.41 bits per heavy atom. The van der Waals surface area contributed by atoms with Crippen molar-refractivity contribution in [2.75, 3.05) is 6.61 Å². The number of rotatable bonds is 3. The van der Waals surface area contributed by atoms with Crippen LogP contribution in [0.4, 0.5) is 0 Å². The Kier molecular flexibility index (Phi) is 4.21. The van der Waals surface area contributed by atoms with Crippen molar-refractivity contribution in [3.8, 4) is 5.88 Å². The highest BCUT2D eigenvalue weighted by atomic mass is 79.9. The first kappa shape index (κ1) is 12.6. The van der Waals surface area contributed by atoms with Crippen molar-refractivity contribution in [2.45, 2.75) is 26.7 Å². The number of pyridine rings is 1. The minimum Gasteiger partial charge on any atom is -0.477 e. The number of hydrogen-bond donors (Lipinski definition) is 0. The second-order valence-electron chi connectivity index (χ2n) is 4.79. The van der Waals surface area contributed by atoms with E-state index in [1.165, 1.54) is 0 Å². The Bertz CT molecular complexity index is 417. The quantitative estimate of drug-likeness (QED) is 0.782. The summed E-state index contributed by atoms with van der Waals surface area (Å²) in [5.41, 5.74) is 1.14. The standard InChI is InChI=1S/C14H18BrNO/c1-10-7-13(15)14(16-8-10)17-9-12-6-4-3-5-11(12)2/h3-4,7-8,11-12H,5-6,9H2,1-2H3. The molecule has 0 aromatic carbocycles. The topological polar surface area (TPSA) is 22.1 Å². The smallest absolute Gasteiger partial charge is 0.227 e. The van der Waals surface area contributed by atoms with E-state index in [1.807, 2.05) is 19.2 Å². The van der Waals surface area contributed by atoms with Crippen molar-refractivity contribution in [1.29, 1.82) is 0 Å². The molecule has 92 valence electrons. The highest BCUT2D eigenvalue weighted by Crippen LogP contribution is 2.28. The molecular weight excluding hydrogens is 278 g/mol. The second-order valence-corrected chi connectivity index (χ2v) is 5.65. The molecule has 2 nitrogen and oxygen atoms in total. The molecule has 17 heavy (non-hydrogen) atoms. The lowest BCUT2D eigenvalue weighted by Crippen LogP contribution is -2.21. The van der Waals surface area contributed by atoms with Crippen LogP contribution in [0, 0.1) is 18.8 Å². The molecule has 2 unspecified atom stereocenters. The average molecular weight is 296 g/mol. The first-order valence-corrected chi connectivity index (χ1v) is 6.86. The predicted octanol–water partition coefficient (Wildman–Crippen LogP) is 4.13. The summed E-state index contributed by atoms with van der Waals surface area (Å²) < 4.78 is 6.75. The summed E-state index contributed by atoms with van der Waals surface area (Å²) in [4.78, 5) is 4.30. The molecule has 1 heterocycles. The van der Waals surface area contributed by atoms with Crippen molar-refractivity contribution in [3.63, 3.8) is 0 Å². The highest BCUT2D eigenvalue weighted by molar-refractivity contribution is 9.10. The molecule has 2 atom stereocenters. The van der Waals surface area contributed by atoms with E-state index in [1.54, 1.807) is 0 Å². The molecular formula is C14H18BrNO. The summed E-state index contributed by atoms with van der Waals surface area (Å²) in [6, 6.07) is 2.03. The molecule has 0 spiro atoms. The summed E-state index contributed by atoms with van der Waals surface area (Å²) in [5, 5.41) is 0. The zero-order valence-electron chi connectivity index (χ0n) is 10.3. The first-order chi connectivity index (χ1) is 8.16. The summed E-state index contributed by atoms with van der Waals surface area (Å²) >= 11 is 3.49. The molecule has 3 heteroatoms. The Morgan fingerprint density at radius 3 is 2.88 bits per heavy atom. The molecule has 1 aliphatic carbocycles. The molecule has 0 saturated heterocycles. The average Bonchev–Trinajstić information content (AvgIpc) is 2.30. The maximum atomic E-state index is 5.81. The molecule has 1 aromatic rings. The van der Waals surface area contributed by atoms with E-state index in [2.05, 4.69) is 40.0 Å². The molecule has 0 bridgehead atoms. The summed E-state index contributed by atoms with van der Waals surface area (Å²) in [7, 11) is 0. The van der Waals surface area contributed by atoms with E-state index < -0.39 is 0 Å². The van der Waals surface area contributed by atoms with Gasteiger partial charge in [-0.3, -0.25) is 0 Å². The monoisotopic (exact) mass is 295 g/mol. The van der Waals surface area contributed by atoms with Crippen LogP contribution in [0.15, 0.2) is 28.9 Å². The number of hydrogen-bond acceptors (Lipinski definition) is 2. The molecule has 1 aromatic heterocycles. The second kappa shape index (κ2) is 5.67. The lowest BCUT2D eigenvalue weighted by atomic mass is 9.85. The summed E-state index contributed by atoms with van der Waals surface area (Å²) in [6.07, 6.45) is 8.64. The molecule has 0 N–H and O–H groups in total. The molecule has 2 rings (SSSR count). The lowest BCUT2D eigenvalue weighted by Gasteiger charge is -2.25. The van der Waals surface area contributed by atoms with E-state index in [0.717, 1.165) is 29.5 Å². The normalized spacial score (nSPS) is 23.7. The Hall–Kier alpha value is -0.830. The van der Waals surface area contributed by atoms with E-state index in [-0.39, 0.29) is 0 Å². The zero-order valence-corrected chi connectivity index (χ0v) is 11.9. The third kappa shape index (κ3) is 3.32. The van der Waals surface area contributed by atoms with Crippen LogP contribution in [-0.4, -0.2) is 11.6 Å². The predicted molar refractivity (Wildman–Crippen MR) is 73.2 cm³/mol. The fourth-order valence-corrected chi connectivity index (χ4v) is 2.63. The Labute approximate surface area is 111 Å². The third-order valence-electron chi connectivity index (χ3n) is 3.30. The fourth-order valence-electron chi connectivity index (χ4n) is 2.05. The minimum absolute atomic E-state index is 0.606. The van der Waals surface area contributed by atoms with Gasteiger partial charge in [-0.15, -0.1) is 0 Å². The van der Waals surface area contributed by atoms with Crippen LogP contribution < -0.4 is 4.74 Å². The van der Waals surface area contributed by atoms with Crippen molar-refractivity contribution in [1.82, 2.24) is 4.98 Å². The fraction of sp³-hybridized carbons (Fsp3) is 0.500. The minimum atomic E-state index is 0.606. The van der Waals surface area contributed by atoms with Crippen LogP contribution in [-0.2, 0) is 0 Å².